The molecule has 1 rings (SSSR count). The Bertz CT molecular complexity index is 448. The summed E-state index contributed by atoms with van der Waals surface area (Å²) in [4.78, 5) is 21.0. The highest BCUT2D eigenvalue weighted by Crippen LogP contribution is 2.27. The van der Waals surface area contributed by atoms with E-state index in [1.807, 2.05) is 0 Å². The zero-order chi connectivity index (χ0) is 13.5. The number of carbonyl (C=O) groups is 1. The molecule has 0 atom stereocenters. The number of hydrogen-bond donors (Lipinski definition) is 0. The van der Waals surface area contributed by atoms with Gasteiger partial charge in [-0.1, -0.05) is 6.92 Å². The standard InChI is InChI=1S/C12H14FNO4/c1-2-10(15)4-3-7-18-12-6-5-9(13)8-11(12)14(16)17/h5-6,8H,2-4,7H2,1H3. The minimum atomic E-state index is -0.699. The molecule has 0 unspecified atom stereocenters. The maximum absolute atomic E-state index is 12.8. The summed E-state index contributed by atoms with van der Waals surface area (Å²) < 4.78 is 18.0. The number of ketones is 1. The number of hydrogen-bond acceptors (Lipinski definition) is 4. The van der Waals surface area contributed by atoms with Crippen molar-refractivity contribution in [2.75, 3.05) is 6.61 Å². The van der Waals surface area contributed by atoms with Gasteiger partial charge in [0.25, 0.3) is 0 Å². The third kappa shape index (κ3) is 4.12. The Morgan fingerprint density at radius 2 is 2.22 bits per heavy atom. The predicted molar refractivity (Wildman–Crippen MR) is 63.1 cm³/mol. The number of nitrogens with zero attached hydrogens (tertiary/aromatic N) is 1. The van der Waals surface area contributed by atoms with Crippen LogP contribution >= 0.6 is 0 Å². The fourth-order valence-electron chi connectivity index (χ4n) is 1.38. The van der Waals surface area contributed by atoms with Crippen LogP contribution in [0.25, 0.3) is 0 Å². The quantitative estimate of drug-likeness (QED) is 0.426. The van der Waals surface area contributed by atoms with Crippen LogP contribution in [0.5, 0.6) is 5.75 Å². The SMILES string of the molecule is CCC(=O)CCCOc1ccc(F)cc1[N+](=O)[O-]. The van der Waals surface area contributed by atoms with Crippen molar-refractivity contribution in [1.82, 2.24) is 0 Å². The Labute approximate surface area is 104 Å². The fraction of sp³-hybridized carbons (Fsp3) is 0.417. The smallest absolute Gasteiger partial charge is 0.313 e. The van der Waals surface area contributed by atoms with Crippen LogP contribution in [-0.4, -0.2) is 17.3 Å². The van der Waals surface area contributed by atoms with Gasteiger partial charge in [0, 0.05) is 12.8 Å². The Balaban J connectivity index is 2.56. The van der Waals surface area contributed by atoms with Gasteiger partial charge in [0.2, 0.25) is 0 Å². The number of halogens is 1. The largest absolute Gasteiger partial charge is 0.487 e. The molecule has 0 heterocycles. The number of ether oxygens (including phenoxy) is 1. The monoisotopic (exact) mass is 255 g/mol. The molecule has 0 N–H and O–H groups in total. The summed E-state index contributed by atoms with van der Waals surface area (Å²) in [5, 5.41) is 10.7. The summed E-state index contributed by atoms with van der Waals surface area (Å²) in [6, 6.07) is 3.13. The summed E-state index contributed by atoms with van der Waals surface area (Å²) in [6.07, 6.45) is 1.34. The van der Waals surface area contributed by atoms with Crippen LogP contribution in [0, 0.1) is 15.9 Å². The highest BCUT2D eigenvalue weighted by molar-refractivity contribution is 5.77. The molecule has 0 spiro atoms. The van der Waals surface area contributed by atoms with E-state index in [9.17, 15) is 19.3 Å². The van der Waals surface area contributed by atoms with Gasteiger partial charge in [0.1, 0.15) is 11.6 Å². The van der Waals surface area contributed by atoms with Crippen LogP contribution in [0.15, 0.2) is 18.2 Å². The summed E-state index contributed by atoms with van der Waals surface area (Å²) in [5.41, 5.74) is -0.406. The van der Waals surface area contributed by atoms with Crippen LogP contribution in [0.1, 0.15) is 26.2 Å². The Kier molecular flexibility index (Phi) is 5.23. The van der Waals surface area contributed by atoms with Gasteiger partial charge in [-0.15, -0.1) is 0 Å². The van der Waals surface area contributed by atoms with E-state index in [0.717, 1.165) is 12.1 Å². The molecule has 0 amide bonds. The normalized spacial score (nSPS) is 10.1. The van der Waals surface area contributed by atoms with Gasteiger partial charge in [0.05, 0.1) is 17.6 Å². The Hall–Kier alpha value is -1.98. The minimum Gasteiger partial charge on any atom is -0.487 e. The molecule has 0 saturated carbocycles. The summed E-state index contributed by atoms with van der Waals surface area (Å²) >= 11 is 0. The lowest BCUT2D eigenvalue weighted by Crippen LogP contribution is -2.04. The summed E-state index contributed by atoms with van der Waals surface area (Å²) in [6.45, 7) is 1.96. The predicted octanol–water partition coefficient (Wildman–Crippen LogP) is 2.87. The van der Waals surface area contributed by atoms with Crippen LogP contribution in [0.4, 0.5) is 10.1 Å². The third-order valence-electron chi connectivity index (χ3n) is 2.37. The molecule has 0 radical (unpaired) electrons. The average Bonchev–Trinajstić information content (AvgIpc) is 2.35. The number of carbonyl (C=O) groups excluding carboxylic acids is 1. The number of nitro groups is 1. The van der Waals surface area contributed by atoms with Gasteiger partial charge in [-0.2, -0.15) is 0 Å². The second-order valence-electron chi connectivity index (χ2n) is 3.71. The molecule has 0 saturated heterocycles. The first-order valence-corrected chi connectivity index (χ1v) is 5.63. The number of rotatable bonds is 7. The zero-order valence-electron chi connectivity index (χ0n) is 10.0. The highest BCUT2D eigenvalue weighted by atomic mass is 19.1. The summed E-state index contributed by atoms with van der Waals surface area (Å²) in [7, 11) is 0. The van der Waals surface area contributed by atoms with Crippen molar-refractivity contribution in [3.8, 4) is 5.75 Å². The molecular weight excluding hydrogens is 241 g/mol. The molecule has 98 valence electrons. The number of benzene rings is 1. The van der Waals surface area contributed by atoms with Gasteiger partial charge < -0.3 is 4.74 Å². The number of Topliss-reactive ketones (excluding diaryl/α,β-unsaturated/α-hetero) is 1. The van der Waals surface area contributed by atoms with Crippen molar-refractivity contribution in [1.29, 1.82) is 0 Å². The average molecular weight is 255 g/mol. The molecule has 0 bridgehead atoms. The van der Waals surface area contributed by atoms with Crippen molar-refractivity contribution in [2.24, 2.45) is 0 Å². The lowest BCUT2D eigenvalue weighted by Gasteiger charge is -2.06. The molecule has 0 aliphatic heterocycles. The maximum atomic E-state index is 12.8. The third-order valence-corrected chi connectivity index (χ3v) is 2.37. The Morgan fingerprint density at radius 3 is 2.83 bits per heavy atom. The molecule has 0 aliphatic carbocycles. The van der Waals surface area contributed by atoms with Crippen molar-refractivity contribution < 1.29 is 18.8 Å². The minimum absolute atomic E-state index is 0.0188. The van der Waals surface area contributed by atoms with Crippen molar-refractivity contribution in [3.63, 3.8) is 0 Å². The Morgan fingerprint density at radius 1 is 1.50 bits per heavy atom. The fourth-order valence-corrected chi connectivity index (χ4v) is 1.38. The topological polar surface area (TPSA) is 69.4 Å². The first-order chi connectivity index (χ1) is 8.54. The number of nitro benzene ring substituents is 1. The van der Waals surface area contributed by atoms with Crippen LogP contribution in [0.3, 0.4) is 0 Å². The van der Waals surface area contributed by atoms with E-state index >= 15 is 0 Å². The van der Waals surface area contributed by atoms with Gasteiger partial charge >= 0.3 is 5.69 Å². The molecule has 6 heteroatoms. The second kappa shape index (κ2) is 6.68. The molecule has 18 heavy (non-hydrogen) atoms. The molecule has 1 aromatic rings. The van der Waals surface area contributed by atoms with Crippen LogP contribution in [0.2, 0.25) is 0 Å². The first kappa shape index (κ1) is 14.1. The van der Waals surface area contributed by atoms with E-state index < -0.39 is 16.4 Å². The van der Waals surface area contributed by atoms with Gasteiger partial charge in [0.15, 0.2) is 5.75 Å². The lowest BCUT2D eigenvalue weighted by atomic mass is 10.2. The van der Waals surface area contributed by atoms with E-state index in [2.05, 4.69) is 0 Å². The van der Waals surface area contributed by atoms with E-state index in [1.54, 1.807) is 6.92 Å². The first-order valence-electron chi connectivity index (χ1n) is 5.63. The summed E-state index contributed by atoms with van der Waals surface area (Å²) in [5.74, 6) is -0.548. The lowest BCUT2D eigenvalue weighted by molar-refractivity contribution is -0.386. The molecule has 0 aliphatic rings. The van der Waals surface area contributed by atoms with E-state index in [0.29, 0.717) is 19.3 Å². The maximum Gasteiger partial charge on any atom is 0.313 e. The van der Waals surface area contributed by atoms with E-state index in [1.165, 1.54) is 6.07 Å². The van der Waals surface area contributed by atoms with Gasteiger partial charge in [-0.05, 0) is 18.6 Å². The van der Waals surface area contributed by atoms with Crippen LogP contribution in [-0.2, 0) is 4.79 Å². The zero-order valence-corrected chi connectivity index (χ0v) is 10.0. The van der Waals surface area contributed by atoms with Crippen molar-refractivity contribution in [2.45, 2.75) is 26.2 Å². The van der Waals surface area contributed by atoms with E-state index in [-0.39, 0.29) is 18.1 Å². The molecule has 0 fully saturated rings. The molecular formula is C12H14FNO4. The molecule has 0 aromatic heterocycles. The highest BCUT2D eigenvalue weighted by Gasteiger charge is 2.16. The molecule has 5 nitrogen and oxygen atoms in total. The van der Waals surface area contributed by atoms with Gasteiger partial charge in [-0.3, -0.25) is 14.9 Å². The second-order valence-corrected chi connectivity index (χ2v) is 3.71. The molecule has 1 aromatic carbocycles. The van der Waals surface area contributed by atoms with Crippen molar-refractivity contribution >= 4 is 11.5 Å². The van der Waals surface area contributed by atoms with Gasteiger partial charge in [-0.25, -0.2) is 4.39 Å². The van der Waals surface area contributed by atoms with Crippen LogP contribution < -0.4 is 4.74 Å². The van der Waals surface area contributed by atoms with E-state index in [4.69, 9.17) is 4.74 Å². The van der Waals surface area contributed by atoms with Crippen molar-refractivity contribution in [3.05, 3.63) is 34.1 Å².